The molecule has 0 fully saturated rings. The number of hydrogen-bond acceptors (Lipinski definition) is 4. The first-order valence-electron chi connectivity index (χ1n) is 12.8. The fourth-order valence-electron chi connectivity index (χ4n) is 4.63. The molecule has 0 saturated heterocycles. The van der Waals surface area contributed by atoms with Crippen molar-refractivity contribution in [2.24, 2.45) is 0 Å². The summed E-state index contributed by atoms with van der Waals surface area (Å²) in [7, 11) is 0. The molecular formula is C30H36N2O3S. The molecule has 0 saturated carbocycles. The summed E-state index contributed by atoms with van der Waals surface area (Å²) in [6, 6.07) is 19.3. The summed E-state index contributed by atoms with van der Waals surface area (Å²) in [5, 5.41) is 2.09. The van der Waals surface area contributed by atoms with Crippen LogP contribution >= 0.6 is 11.3 Å². The lowest BCUT2D eigenvalue weighted by Gasteiger charge is -2.38. The topological polar surface area (TPSA) is 49.9 Å². The number of carbonyl (C=O) groups is 2. The molecule has 2 amide bonds. The number of thiophene rings is 1. The first kappa shape index (κ1) is 26.0. The van der Waals surface area contributed by atoms with E-state index in [1.165, 1.54) is 10.4 Å². The van der Waals surface area contributed by atoms with Gasteiger partial charge in [-0.1, -0.05) is 51.1 Å². The third-order valence-corrected chi connectivity index (χ3v) is 8.08. The summed E-state index contributed by atoms with van der Waals surface area (Å²) in [5.41, 5.74) is 3.03. The van der Waals surface area contributed by atoms with Crippen LogP contribution in [0.5, 0.6) is 5.75 Å². The van der Waals surface area contributed by atoms with Crippen molar-refractivity contribution >= 4 is 23.2 Å². The van der Waals surface area contributed by atoms with Crippen molar-refractivity contribution in [3.63, 3.8) is 0 Å². The molecule has 0 spiro atoms. The van der Waals surface area contributed by atoms with Gasteiger partial charge < -0.3 is 14.5 Å². The molecule has 2 atom stereocenters. The number of benzene rings is 2. The van der Waals surface area contributed by atoms with Crippen molar-refractivity contribution in [3.8, 4) is 5.75 Å². The van der Waals surface area contributed by atoms with Gasteiger partial charge in [0.25, 0.3) is 5.91 Å². The molecule has 4 rings (SSSR count). The van der Waals surface area contributed by atoms with E-state index in [-0.39, 0.29) is 30.4 Å². The lowest BCUT2D eigenvalue weighted by Crippen LogP contribution is -2.49. The van der Waals surface area contributed by atoms with E-state index >= 15 is 0 Å². The van der Waals surface area contributed by atoms with Crippen LogP contribution in [0, 0.1) is 0 Å². The summed E-state index contributed by atoms with van der Waals surface area (Å²) >= 11 is 1.74. The zero-order valence-corrected chi connectivity index (χ0v) is 22.5. The maximum atomic E-state index is 13.7. The van der Waals surface area contributed by atoms with Gasteiger partial charge in [-0.25, -0.2) is 0 Å². The number of hydrogen-bond donors (Lipinski definition) is 0. The van der Waals surface area contributed by atoms with Crippen molar-refractivity contribution in [1.82, 2.24) is 9.80 Å². The average molecular weight is 505 g/mol. The Kier molecular flexibility index (Phi) is 8.47. The Bertz CT molecular complexity index is 1160. The van der Waals surface area contributed by atoms with Crippen LogP contribution in [0.25, 0.3) is 0 Å². The van der Waals surface area contributed by atoms with Crippen LogP contribution in [0.15, 0.2) is 66.0 Å². The van der Waals surface area contributed by atoms with Gasteiger partial charge in [-0.2, -0.15) is 0 Å². The molecular weight excluding hydrogens is 468 g/mol. The lowest BCUT2D eigenvalue weighted by molar-refractivity contribution is -0.136. The van der Waals surface area contributed by atoms with E-state index in [0.29, 0.717) is 24.6 Å². The Morgan fingerprint density at radius 3 is 2.44 bits per heavy atom. The molecule has 5 nitrogen and oxygen atoms in total. The van der Waals surface area contributed by atoms with E-state index in [1.807, 2.05) is 61.2 Å². The van der Waals surface area contributed by atoms with Gasteiger partial charge in [0.2, 0.25) is 5.91 Å². The summed E-state index contributed by atoms with van der Waals surface area (Å²) in [4.78, 5) is 32.0. The number of fused-ring (bicyclic) bond motifs is 1. The zero-order valence-electron chi connectivity index (χ0n) is 21.6. The maximum Gasteiger partial charge on any atom is 0.254 e. The number of amides is 2. The quantitative estimate of drug-likeness (QED) is 0.343. The van der Waals surface area contributed by atoms with Crippen LogP contribution in [0.3, 0.4) is 0 Å². The van der Waals surface area contributed by atoms with Crippen LogP contribution in [0.1, 0.15) is 72.4 Å². The predicted octanol–water partition coefficient (Wildman–Crippen LogP) is 6.32. The molecule has 36 heavy (non-hydrogen) atoms. The Balaban J connectivity index is 1.52. The molecule has 6 heteroatoms. The summed E-state index contributed by atoms with van der Waals surface area (Å²) in [5.74, 6) is 1.12. The lowest BCUT2D eigenvalue weighted by atomic mass is 10.00. The second-order valence-corrected chi connectivity index (χ2v) is 10.7. The molecule has 2 aromatic carbocycles. The molecule has 1 aliphatic rings. The Morgan fingerprint density at radius 2 is 1.78 bits per heavy atom. The van der Waals surface area contributed by atoms with Crippen LogP contribution in [-0.4, -0.2) is 47.4 Å². The monoisotopic (exact) mass is 504 g/mol. The van der Waals surface area contributed by atoms with Crippen molar-refractivity contribution in [2.45, 2.75) is 58.5 Å². The fourth-order valence-corrected chi connectivity index (χ4v) is 5.56. The molecule has 2 heterocycles. The van der Waals surface area contributed by atoms with E-state index in [4.69, 9.17) is 4.74 Å². The molecule has 0 unspecified atom stereocenters. The Morgan fingerprint density at radius 1 is 1.06 bits per heavy atom. The highest BCUT2D eigenvalue weighted by atomic mass is 32.1. The van der Waals surface area contributed by atoms with E-state index in [0.717, 1.165) is 24.2 Å². The third-order valence-electron chi connectivity index (χ3n) is 7.08. The van der Waals surface area contributed by atoms with Gasteiger partial charge in [-0.05, 0) is 72.5 Å². The minimum atomic E-state index is -0.178. The SMILES string of the molecule is CC[C@H](C)N(CC(=O)N1CCc2sccc2[C@H]1COc1ccc(C(C)C)cc1)C(=O)c1ccccc1. The van der Waals surface area contributed by atoms with Crippen LogP contribution in [0.2, 0.25) is 0 Å². The largest absolute Gasteiger partial charge is 0.491 e. The van der Waals surface area contributed by atoms with Crippen molar-refractivity contribution in [2.75, 3.05) is 19.7 Å². The molecule has 0 N–H and O–H groups in total. The summed E-state index contributed by atoms with van der Waals surface area (Å²) < 4.78 is 6.21. The van der Waals surface area contributed by atoms with E-state index in [2.05, 4.69) is 37.4 Å². The number of nitrogens with zero attached hydrogens (tertiary/aromatic N) is 2. The first-order chi connectivity index (χ1) is 17.4. The van der Waals surface area contributed by atoms with Crippen molar-refractivity contribution in [1.29, 1.82) is 0 Å². The Hall–Kier alpha value is -3.12. The second-order valence-electron chi connectivity index (χ2n) is 9.74. The van der Waals surface area contributed by atoms with Gasteiger partial charge in [0, 0.05) is 23.0 Å². The van der Waals surface area contributed by atoms with Gasteiger partial charge in [-0.3, -0.25) is 9.59 Å². The highest BCUT2D eigenvalue weighted by molar-refractivity contribution is 7.10. The predicted molar refractivity (Wildman–Crippen MR) is 146 cm³/mol. The molecule has 0 radical (unpaired) electrons. The standard InChI is InChI=1S/C30H36N2O3S/c1-5-22(4)32(30(34)24-9-7-6-8-10-24)19-29(33)31-17-15-28-26(16-18-36-28)27(31)20-35-25-13-11-23(12-14-25)21(2)3/h6-14,16,18,21-22,27H,5,15,17,19-20H2,1-4H3/t22-,27+/m0/s1. The van der Waals surface area contributed by atoms with Crippen LogP contribution in [0.4, 0.5) is 0 Å². The average Bonchev–Trinajstić information content (AvgIpc) is 3.39. The van der Waals surface area contributed by atoms with E-state index in [1.54, 1.807) is 16.2 Å². The molecule has 0 bridgehead atoms. The highest BCUT2D eigenvalue weighted by Gasteiger charge is 2.34. The van der Waals surface area contributed by atoms with Gasteiger partial charge in [0.1, 0.15) is 18.9 Å². The van der Waals surface area contributed by atoms with Gasteiger partial charge in [-0.15, -0.1) is 11.3 Å². The fraction of sp³-hybridized carbons (Fsp3) is 0.400. The van der Waals surface area contributed by atoms with Gasteiger partial charge in [0.05, 0.1) is 6.04 Å². The number of rotatable bonds is 9. The molecule has 0 aliphatic carbocycles. The second kappa shape index (κ2) is 11.7. The minimum absolute atomic E-state index is 0.0415. The molecule has 1 aromatic heterocycles. The van der Waals surface area contributed by atoms with Gasteiger partial charge in [0.15, 0.2) is 0 Å². The van der Waals surface area contributed by atoms with E-state index in [9.17, 15) is 9.59 Å². The summed E-state index contributed by atoms with van der Waals surface area (Å²) in [6.45, 7) is 9.45. The summed E-state index contributed by atoms with van der Waals surface area (Å²) in [6.07, 6.45) is 1.60. The molecule has 3 aromatic rings. The van der Waals surface area contributed by atoms with Crippen molar-refractivity contribution < 1.29 is 14.3 Å². The third kappa shape index (κ3) is 5.81. The van der Waals surface area contributed by atoms with Crippen molar-refractivity contribution in [3.05, 3.63) is 87.6 Å². The van der Waals surface area contributed by atoms with E-state index < -0.39 is 0 Å². The smallest absolute Gasteiger partial charge is 0.254 e. The maximum absolute atomic E-state index is 13.7. The van der Waals surface area contributed by atoms with Crippen LogP contribution in [-0.2, 0) is 11.2 Å². The van der Waals surface area contributed by atoms with Gasteiger partial charge >= 0.3 is 0 Å². The highest BCUT2D eigenvalue weighted by Crippen LogP contribution is 2.34. The minimum Gasteiger partial charge on any atom is -0.491 e. The van der Waals surface area contributed by atoms with Crippen LogP contribution < -0.4 is 4.74 Å². The number of carbonyl (C=O) groups excluding carboxylic acids is 2. The number of ether oxygens (including phenoxy) is 1. The first-order valence-corrected chi connectivity index (χ1v) is 13.7. The zero-order chi connectivity index (χ0) is 25.7. The Labute approximate surface area is 218 Å². The molecule has 1 aliphatic heterocycles. The normalized spacial score (nSPS) is 15.9. The molecule has 190 valence electrons.